The van der Waals surface area contributed by atoms with Gasteiger partial charge in [0.2, 0.25) is 0 Å². The third-order valence-electron chi connectivity index (χ3n) is 1.05. The largest absolute Gasteiger partial charge is 3.00 e. The third kappa shape index (κ3) is 57.2. The predicted molar refractivity (Wildman–Crippen MR) is 85.1 cm³/mol. The van der Waals surface area contributed by atoms with E-state index in [0.29, 0.717) is 0 Å². The van der Waals surface area contributed by atoms with Gasteiger partial charge in [-0.25, -0.2) is 0 Å². The van der Waals surface area contributed by atoms with Crippen LogP contribution in [0, 0.1) is 20.8 Å². The molecule has 0 saturated carbocycles. The fraction of sp³-hybridized carbons (Fsp3) is 0.750. The Kier molecular flexibility index (Phi) is 59.1. The summed E-state index contributed by atoms with van der Waals surface area (Å²) in [5, 5.41) is 0. The molecule has 0 bridgehead atoms. The average Bonchev–Trinajstić information content (AvgIpc) is 2.23. The Balaban J connectivity index is -0.0000000655. The van der Waals surface area contributed by atoms with Gasteiger partial charge in [-0.1, -0.05) is 0 Å². The van der Waals surface area contributed by atoms with E-state index in [1.165, 1.54) is 17.3 Å². The molecular formula is C12H27IrS3. The first-order valence-corrected chi connectivity index (χ1v) is 9.27. The molecule has 0 radical (unpaired) electrons. The van der Waals surface area contributed by atoms with E-state index in [2.05, 4.69) is 39.5 Å². The van der Waals surface area contributed by atoms with E-state index in [1.807, 2.05) is 35.3 Å². The summed E-state index contributed by atoms with van der Waals surface area (Å²) in [5.74, 6) is 3.58. The Hall–Kier alpha value is 1.70. The molecule has 0 nitrogen and oxygen atoms in total. The van der Waals surface area contributed by atoms with Gasteiger partial charge in [-0.05, 0) is 36.0 Å². The van der Waals surface area contributed by atoms with Gasteiger partial charge in [-0.15, -0.1) is 0 Å². The maximum absolute atomic E-state index is 3.65. The first kappa shape index (κ1) is 26.3. The summed E-state index contributed by atoms with van der Waals surface area (Å²) < 4.78 is 0. The second-order valence-electron chi connectivity index (χ2n) is 2.54. The molecule has 0 heterocycles. The summed E-state index contributed by atoms with van der Waals surface area (Å²) >= 11 is 5.52. The van der Waals surface area contributed by atoms with Crippen molar-refractivity contribution >= 4 is 35.3 Å². The van der Waals surface area contributed by atoms with Crippen LogP contribution in [0.1, 0.15) is 19.3 Å². The Labute approximate surface area is 131 Å². The summed E-state index contributed by atoms with van der Waals surface area (Å²) in [6, 6.07) is 0. The van der Waals surface area contributed by atoms with E-state index in [4.69, 9.17) is 0 Å². The van der Waals surface area contributed by atoms with Gasteiger partial charge < -0.3 is 20.8 Å². The molecule has 0 saturated heterocycles. The molecule has 102 valence electrons. The van der Waals surface area contributed by atoms with Crippen LogP contribution in [0.2, 0.25) is 0 Å². The molecule has 0 amide bonds. The van der Waals surface area contributed by atoms with Gasteiger partial charge in [0, 0.05) is 0 Å². The van der Waals surface area contributed by atoms with Crippen LogP contribution in [0.15, 0.2) is 0 Å². The second-order valence-corrected chi connectivity index (χ2v) is 5.50. The summed E-state index contributed by atoms with van der Waals surface area (Å²) in [7, 11) is 0. The van der Waals surface area contributed by atoms with Crippen LogP contribution in [0.5, 0.6) is 0 Å². The molecule has 4 heteroatoms. The normalized spacial score (nSPS) is 7.88. The van der Waals surface area contributed by atoms with Crippen LogP contribution in [-0.2, 0) is 20.1 Å². The minimum absolute atomic E-state index is 0. The van der Waals surface area contributed by atoms with Gasteiger partial charge in [-0.2, -0.15) is 54.5 Å². The SMILES string of the molecule is [CH2-]CCSC.[CH2-]CCSC.[CH2-]CCSC.[Ir+3]. The zero-order valence-electron chi connectivity index (χ0n) is 10.9. The molecule has 16 heavy (non-hydrogen) atoms. The topological polar surface area (TPSA) is 0 Å². The number of hydrogen-bond donors (Lipinski definition) is 0. The maximum Gasteiger partial charge on any atom is 3.00 e. The van der Waals surface area contributed by atoms with E-state index in [9.17, 15) is 0 Å². The molecule has 0 aromatic carbocycles. The van der Waals surface area contributed by atoms with E-state index in [-0.39, 0.29) is 20.1 Å². The van der Waals surface area contributed by atoms with Gasteiger partial charge >= 0.3 is 20.1 Å². The van der Waals surface area contributed by atoms with Crippen LogP contribution < -0.4 is 0 Å². The number of hydrogen-bond acceptors (Lipinski definition) is 3. The molecule has 0 aromatic rings. The molecular weight excluding hydrogens is 433 g/mol. The van der Waals surface area contributed by atoms with Gasteiger partial charge in [0.25, 0.3) is 0 Å². The van der Waals surface area contributed by atoms with E-state index >= 15 is 0 Å². The summed E-state index contributed by atoms with van der Waals surface area (Å²) in [5.41, 5.74) is 0. The predicted octanol–water partition coefficient (Wildman–Crippen LogP) is 4.72. The second kappa shape index (κ2) is 36.0. The minimum atomic E-state index is 0. The van der Waals surface area contributed by atoms with Crippen LogP contribution >= 0.6 is 35.3 Å². The van der Waals surface area contributed by atoms with E-state index in [1.54, 1.807) is 0 Å². The fourth-order valence-electron chi connectivity index (χ4n) is 0.433. The monoisotopic (exact) mass is 460 g/mol. The van der Waals surface area contributed by atoms with Gasteiger partial charge in [0.15, 0.2) is 0 Å². The van der Waals surface area contributed by atoms with Crippen molar-refractivity contribution in [1.29, 1.82) is 0 Å². The molecule has 0 aliphatic heterocycles. The standard InChI is InChI=1S/3C4H9S.Ir/c3*1-3-4-5-2;/h3*1,3-4H2,2H3;/q3*-1;+3. The quantitative estimate of drug-likeness (QED) is 0.528. The van der Waals surface area contributed by atoms with Crippen molar-refractivity contribution in [3.63, 3.8) is 0 Å². The Morgan fingerprint density at radius 2 is 0.812 bits per heavy atom. The number of thioether (sulfide) groups is 3. The van der Waals surface area contributed by atoms with Crippen molar-refractivity contribution < 1.29 is 20.1 Å². The molecule has 0 spiro atoms. The van der Waals surface area contributed by atoms with Crippen molar-refractivity contribution in [3.8, 4) is 0 Å². The molecule has 0 aromatic heterocycles. The van der Waals surface area contributed by atoms with Crippen LogP contribution in [0.4, 0.5) is 0 Å². The van der Waals surface area contributed by atoms with E-state index in [0.717, 1.165) is 19.3 Å². The van der Waals surface area contributed by atoms with E-state index < -0.39 is 0 Å². The number of rotatable bonds is 6. The van der Waals surface area contributed by atoms with Gasteiger partial charge in [0.05, 0.1) is 0 Å². The van der Waals surface area contributed by atoms with Crippen molar-refractivity contribution in [2.24, 2.45) is 0 Å². The average molecular weight is 460 g/mol. The molecule has 0 N–H and O–H groups in total. The molecule has 0 atom stereocenters. The van der Waals surface area contributed by atoms with Crippen LogP contribution in [0.3, 0.4) is 0 Å². The summed E-state index contributed by atoms with van der Waals surface area (Å²) in [6.45, 7) is 11.0. The smallest absolute Gasteiger partial charge is 0.343 e. The molecule has 0 aliphatic carbocycles. The first-order valence-electron chi connectivity index (χ1n) is 5.09. The van der Waals surface area contributed by atoms with Crippen molar-refractivity contribution in [1.82, 2.24) is 0 Å². The summed E-state index contributed by atoms with van der Waals surface area (Å²) in [6.07, 6.45) is 9.44. The molecule has 0 rings (SSSR count). The zero-order valence-corrected chi connectivity index (χ0v) is 15.8. The molecule has 0 fully saturated rings. The third-order valence-corrected chi connectivity index (χ3v) is 3.14. The van der Waals surface area contributed by atoms with Gasteiger partial charge in [-0.3, -0.25) is 0 Å². The van der Waals surface area contributed by atoms with Crippen LogP contribution in [0.25, 0.3) is 0 Å². The minimum Gasteiger partial charge on any atom is -0.343 e. The Morgan fingerprint density at radius 3 is 0.812 bits per heavy atom. The first-order chi connectivity index (χ1) is 7.24. The van der Waals surface area contributed by atoms with Crippen molar-refractivity contribution in [2.75, 3.05) is 36.0 Å². The van der Waals surface area contributed by atoms with Crippen molar-refractivity contribution in [2.45, 2.75) is 19.3 Å². The molecule has 0 unspecified atom stereocenters. The maximum atomic E-state index is 3.65. The zero-order chi connectivity index (χ0) is 12.4. The molecule has 0 aliphatic rings. The Bertz CT molecular complexity index is 53.0. The Morgan fingerprint density at radius 1 is 0.625 bits per heavy atom. The fourth-order valence-corrected chi connectivity index (χ4v) is 1.30. The summed E-state index contributed by atoms with van der Waals surface area (Å²) in [4.78, 5) is 0. The van der Waals surface area contributed by atoms with Crippen LogP contribution in [-0.4, -0.2) is 36.0 Å². The van der Waals surface area contributed by atoms with Crippen molar-refractivity contribution in [3.05, 3.63) is 20.8 Å². The van der Waals surface area contributed by atoms with Gasteiger partial charge in [0.1, 0.15) is 0 Å².